The largest absolute Gasteiger partial charge is 0.493 e. The van der Waals surface area contributed by atoms with Gasteiger partial charge in [0.1, 0.15) is 12.4 Å². The second-order valence-electron chi connectivity index (χ2n) is 6.60. The molecule has 0 atom stereocenters. The Kier molecular flexibility index (Phi) is 7.99. The normalized spacial score (nSPS) is 10.6. The van der Waals surface area contributed by atoms with Crippen LogP contribution in [-0.4, -0.2) is 25.8 Å². The minimum atomic E-state index is -0.330. The van der Waals surface area contributed by atoms with Gasteiger partial charge in [0.25, 0.3) is 5.91 Å². The molecule has 0 aliphatic carbocycles. The number of hydrogen-bond acceptors (Lipinski definition) is 5. The summed E-state index contributed by atoms with van der Waals surface area (Å²) in [7, 11) is 1.56. The maximum Gasteiger partial charge on any atom is 0.261 e. The summed E-state index contributed by atoms with van der Waals surface area (Å²) in [6.07, 6.45) is 1.48. The van der Waals surface area contributed by atoms with Crippen molar-refractivity contribution in [3.05, 3.63) is 95.3 Å². The lowest BCUT2D eigenvalue weighted by Gasteiger charge is -2.11. The first kappa shape index (κ1) is 21.8. The number of hydrogen-bond donors (Lipinski definition) is 1. The van der Waals surface area contributed by atoms with Crippen LogP contribution in [0.2, 0.25) is 0 Å². The molecule has 3 aromatic rings. The van der Waals surface area contributed by atoms with Gasteiger partial charge >= 0.3 is 0 Å². The molecule has 0 heterocycles. The Morgan fingerprint density at radius 2 is 1.77 bits per heavy atom. The Morgan fingerprint density at radius 1 is 1.00 bits per heavy atom. The van der Waals surface area contributed by atoms with Crippen LogP contribution in [-0.2, 0) is 22.8 Å². The standard InChI is InChI=1S/C24H23FN2O4/c1-29-23-13-20(9-12-22(23)30-16-19-5-3-2-4-6-19)15-27-31-17-24(28)26-14-18-7-10-21(25)11-8-18/h2-13,15H,14,16-17H2,1H3,(H,26,28)/b27-15+. The lowest BCUT2D eigenvalue weighted by Crippen LogP contribution is -2.26. The van der Waals surface area contributed by atoms with E-state index in [1.807, 2.05) is 36.4 Å². The van der Waals surface area contributed by atoms with Crippen LogP contribution in [0.4, 0.5) is 4.39 Å². The van der Waals surface area contributed by atoms with Crippen molar-refractivity contribution >= 4 is 12.1 Å². The molecule has 3 aromatic carbocycles. The maximum absolute atomic E-state index is 12.9. The van der Waals surface area contributed by atoms with Crippen LogP contribution in [0.1, 0.15) is 16.7 Å². The molecule has 0 unspecified atom stereocenters. The lowest BCUT2D eigenvalue weighted by atomic mass is 10.2. The van der Waals surface area contributed by atoms with Crippen molar-refractivity contribution in [2.75, 3.05) is 13.7 Å². The molecule has 1 amide bonds. The number of carbonyl (C=O) groups is 1. The van der Waals surface area contributed by atoms with Gasteiger partial charge in [0.15, 0.2) is 18.1 Å². The number of halogens is 1. The van der Waals surface area contributed by atoms with Gasteiger partial charge < -0.3 is 19.6 Å². The second-order valence-corrected chi connectivity index (χ2v) is 6.60. The van der Waals surface area contributed by atoms with Crippen LogP contribution in [0.25, 0.3) is 0 Å². The molecule has 7 heteroatoms. The van der Waals surface area contributed by atoms with E-state index >= 15 is 0 Å². The fourth-order valence-corrected chi connectivity index (χ4v) is 2.67. The summed E-state index contributed by atoms with van der Waals surface area (Å²) in [5.74, 6) is 0.533. The van der Waals surface area contributed by atoms with Gasteiger partial charge in [0.2, 0.25) is 0 Å². The fourth-order valence-electron chi connectivity index (χ4n) is 2.67. The van der Waals surface area contributed by atoms with Crippen molar-refractivity contribution < 1.29 is 23.5 Å². The third-order valence-electron chi connectivity index (χ3n) is 4.30. The smallest absolute Gasteiger partial charge is 0.261 e. The predicted octanol–water partition coefficient (Wildman–Crippen LogP) is 4.08. The fraction of sp³-hybridized carbons (Fsp3) is 0.167. The summed E-state index contributed by atoms with van der Waals surface area (Å²) in [4.78, 5) is 16.8. The molecule has 0 saturated carbocycles. The van der Waals surface area contributed by atoms with Crippen LogP contribution < -0.4 is 14.8 Å². The first-order chi connectivity index (χ1) is 15.1. The van der Waals surface area contributed by atoms with Gasteiger partial charge in [-0.1, -0.05) is 47.6 Å². The lowest BCUT2D eigenvalue weighted by molar-refractivity contribution is -0.125. The van der Waals surface area contributed by atoms with E-state index in [1.54, 1.807) is 31.4 Å². The highest BCUT2D eigenvalue weighted by Crippen LogP contribution is 2.28. The number of nitrogens with zero attached hydrogens (tertiary/aromatic N) is 1. The number of oxime groups is 1. The number of carbonyl (C=O) groups excluding carboxylic acids is 1. The minimum Gasteiger partial charge on any atom is -0.493 e. The Balaban J connectivity index is 1.45. The molecule has 160 valence electrons. The SMILES string of the molecule is COc1cc(/C=N/OCC(=O)NCc2ccc(F)cc2)ccc1OCc1ccccc1. The summed E-state index contributed by atoms with van der Waals surface area (Å²) in [5.41, 5.74) is 2.58. The zero-order valence-electron chi connectivity index (χ0n) is 17.1. The molecule has 31 heavy (non-hydrogen) atoms. The van der Waals surface area contributed by atoms with E-state index < -0.39 is 0 Å². The van der Waals surface area contributed by atoms with Crippen LogP contribution in [0.15, 0.2) is 78.0 Å². The molecule has 3 rings (SSSR count). The monoisotopic (exact) mass is 422 g/mol. The van der Waals surface area contributed by atoms with Crippen LogP contribution in [0, 0.1) is 5.82 Å². The van der Waals surface area contributed by atoms with Crippen LogP contribution >= 0.6 is 0 Å². The Bertz CT molecular complexity index is 1010. The summed E-state index contributed by atoms with van der Waals surface area (Å²) in [5, 5.41) is 6.49. The average molecular weight is 422 g/mol. The molecule has 1 N–H and O–H groups in total. The molecular weight excluding hydrogens is 399 g/mol. The summed E-state index contributed by atoms with van der Waals surface area (Å²) >= 11 is 0. The maximum atomic E-state index is 12.9. The van der Waals surface area contributed by atoms with Gasteiger partial charge in [0, 0.05) is 12.1 Å². The molecular formula is C24H23FN2O4. The highest BCUT2D eigenvalue weighted by Gasteiger charge is 2.06. The number of methoxy groups -OCH3 is 1. The Hall–Kier alpha value is -3.87. The molecule has 0 aliphatic rings. The van der Waals surface area contributed by atoms with E-state index in [1.165, 1.54) is 18.3 Å². The van der Waals surface area contributed by atoms with E-state index in [0.29, 0.717) is 18.1 Å². The summed E-state index contributed by atoms with van der Waals surface area (Å²) < 4.78 is 24.1. The molecule has 0 spiro atoms. The first-order valence-corrected chi connectivity index (χ1v) is 9.65. The molecule has 0 aliphatic heterocycles. The number of nitrogens with one attached hydrogen (secondary N) is 1. The van der Waals surface area contributed by atoms with Crippen molar-refractivity contribution in [3.63, 3.8) is 0 Å². The van der Waals surface area contributed by atoms with Crippen molar-refractivity contribution in [2.45, 2.75) is 13.2 Å². The zero-order valence-corrected chi connectivity index (χ0v) is 17.1. The highest BCUT2D eigenvalue weighted by molar-refractivity contribution is 5.81. The van der Waals surface area contributed by atoms with Crippen molar-refractivity contribution in [1.82, 2.24) is 5.32 Å². The molecule has 0 radical (unpaired) electrons. The summed E-state index contributed by atoms with van der Waals surface area (Å²) in [6.45, 7) is 0.488. The van der Waals surface area contributed by atoms with Crippen LogP contribution in [0.3, 0.4) is 0 Å². The first-order valence-electron chi connectivity index (χ1n) is 9.65. The van der Waals surface area contributed by atoms with Gasteiger partial charge in [-0.15, -0.1) is 0 Å². The molecule has 0 aromatic heterocycles. The van der Waals surface area contributed by atoms with E-state index in [0.717, 1.165) is 16.7 Å². The number of ether oxygens (including phenoxy) is 2. The number of benzene rings is 3. The van der Waals surface area contributed by atoms with E-state index in [2.05, 4.69) is 10.5 Å². The van der Waals surface area contributed by atoms with E-state index in [4.69, 9.17) is 14.3 Å². The van der Waals surface area contributed by atoms with Crippen molar-refractivity contribution in [1.29, 1.82) is 0 Å². The minimum absolute atomic E-state index is 0.229. The van der Waals surface area contributed by atoms with Crippen LogP contribution in [0.5, 0.6) is 11.5 Å². The average Bonchev–Trinajstić information content (AvgIpc) is 2.81. The van der Waals surface area contributed by atoms with Gasteiger partial charge in [0.05, 0.1) is 13.3 Å². The van der Waals surface area contributed by atoms with Gasteiger partial charge in [-0.05, 0) is 41.5 Å². The second kappa shape index (κ2) is 11.3. The molecule has 0 saturated heterocycles. The predicted molar refractivity (Wildman–Crippen MR) is 116 cm³/mol. The van der Waals surface area contributed by atoms with Gasteiger partial charge in [-0.2, -0.15) is 0 Å². The zero-order chi connectivity index (χ0) is 21.9. The summed E-state index contributed by atoms with van der Waals surface area (Å²) in [6, 6.07) is 21.1. The third-order valence-corrected chi connectivity index (χ3v) is 4.30. The Labute approximate surface area is 180 Å². The van der Waals surface area contributed by atoms with Gasteiger partial charge in [-0.25, -0.2) is 4.39 Å². The van der Waals surface area contributed by atoms with Crippen molar-refractivity contribution in [2.24, 2.45) is 5.16 Å². The Morgan fingerprint density at radius 3 is 2.52 bits per heavy atom. The highest BCUT2D eigenvalue weighted by atomic mass is 19.1. The van der Waals surface area contributed by atoms with Crippen molar-refractivity contribution in [3.8, 4) is 11.5 Å². The third kappa shape index (κ3) is 7.15. The topological polar surface area (TPSA) is 69.2 Å². The van der Waals surface area contributed by atoms with E-state index in [-0.39, 0.29) is 24.9 Å². The molecule has 0 bridgehead atoms. The molecule has 0 fully saturated rings. The number of amides is 1. The van der Waals surface area contributed by atoms with E-state index in [9.17, 15) is 9.18 Å². The van der Waals surface area contributed by atoms with Gasteiger partial charge in [-0.3, -0.25) is 4.79 Å². The number of rotatable bonds is 10. The quantitative estimate of drug-likeness (QED) is 0.395. The molecule has 6 nitrogen and oxygen atoms in total.